The van der Waals surface area contributed by atoms with Gasteiger partial charge in [0.1, 0.15) is 11.5 Å². The lowest BCUT2D eigenvalue weighted by Gasteiger charge is -2.31. The van der Waals surface area contributed by atoms with Crippen LogP contribution < -0.4 is 0 Å². The summed E-state index contributed by atoms with van der Waals surface area (Å²) >= 11 is 0. The number of aromatic nitrogens is 2. The van der Waals surface area contributed by atoms with Gasteiger partial charge in [0, 0.05) is 18.7 Å². The molecular formula is C16H21N3O3. The maximum absolute atomic E-state index is 12.8. The summed E-state index contributed by atoms with van der Waals surface area (Å²) in [6.07, 6.45) is 1.90. The number of aryl methyl sites for hydroxylation is 3. The Morgan fingerprint density at radius 2 is 2.00 bits per heavy atom. The van der Waals surface area contributed by atoms with Gasteiger partial charge >= 0.3 is 0 Å². The van der Waals surface area contributed by atoms with Crippen LogP contribution in [0.15, 0.2) is 8.94 Å². The molecule has 0 spiro atoms. The molecule has 0 saturated carbocycles. The molecule has 0 aromatic carbocycles. The van der Waals surface area contributed by atoms with Crippen LogP contribution in [-0.2, 0) is 0 Å². The Balaban J connectivity index is 1.81. The van der Waals surface area contributed by atoms with Gasteiger partial charge in [-0.05, 0) is 40.5 Å². The summed E-state index contributed by atoms with van der Waals surface area (Å²) in [6.45, 7) is 8.84. The van der Waals surface area contributed by atoms with Crippen LogP contribution in [0.4, 0.5) is 0 Å². The van der Waals surface area contributed by atoms with Crippen LogP contribution in [0.2, 0.25) is 0 Å². The molecule has 3 heterocycles. The van der Waals surface area contributed by atoms with Gasteiger partial charge in [-0.1, -0.05) is 5.16 Å². The molecule has 0 aliphatic carbocycles. The molecule has 1 atom stereocenters. The smallest absolute Gasteiger partial charge is 0.257 e. The fourth-order valence-corrected chi connectivity index (χ4v) is 3.11. The van der Waals surface area contributed by atoms with Crippen LogP contribution in [-0.4, -0.2) is 34.0 Å². The highest BCUT2D eigenvalue weighted by molar-refractivity contribution is 5.97. The second-order valence-electron chi connectivity index (χ2n) is 5.98. The molecule has 1 unspecified atom stereocenters. The number of likely N-dealkylation sites (tertiary alicyclic amines) is 1. The van der Waals surface area contributed by atoms with Crippen LogP contribution >= 0.6 is 0 Å². The van der Waals surface area contributed by atoms with Crippen molar-refractivity contribution in [2.75, 3.05) is 13.1 Å². The van der Waals surface area contributed by atoms with Crippen molar-refractivity contribution in [3.63, 3.8) is 0 Å². The molecule has 1 saturated heterocycles. The van der Waals surface area contributed by atoms with E-state index < -0.39 is 0 Å². The van der Waals surface area contributed by atoms with Crippen LogP contribution in [0.5, 0.6) is 0 Å². The standard InChI is InChI=1S/C16H21N3O3/c1-9-10(2)21-11(3)14(9)16(20)19-7-5-6-13(8-19)15-17-12(4)18-22-15/h13H,5-8H2,1-4H3. The van der Waals surface area contributed by atoms with Gasteiger partial charge in [0.2, 0.25) is 5.89 Å². The fraction of sp³-hybridized carbons (Fsp3) is 0.562. The first-order valence-corrected chi connectivity index (χ1v) is 7.63. The largest absolute Gasteiger partial charge is 0.466 e. The zero-order valence-electron chi connectivity index (χ0n) is 13.5. The molecule has 1 aliphatic heterocycles. The van der Waals surface area contributed by atoms with E-state index in [2.05, 4.69) is 10.1 Å². The average molecular weight is 303 g/mol. The molecule has 0 bridgehead atoms. The number of piperidine rings is 1. The van der Waals surface area contributed by atoms with E-state index in [1.807, 2.05) is 25.7 Å². The summed E-state index contributed by atoms with van der Waals surface area (Å²) < 4.78 is 10.9. The van der Waals surface area contributed by atoms with Crippen molar-refractivity contribution < 1.29 is 13.7 Å². The Labute approximate surface area is 129 Å². The zero-order chi connectivity index (χ0) is 15.9. The first kappa shape index (κ1) is 14.8. The molecule has 2 aromatic heterocycles. The lowest BCUT2D eigenvalue weighted by atomic mass is 9.97. The van der Waals surface area contributed by atoms with Crippen LogP contribution in [0.3, 0.4) is 0 Å². The van der Waals surface area contributed by atoms with E-state index in [0.717, 1.165) is 30.7 Å². The van der Waals surface area contributed by atoms with E-state index in [9.17, 15) is 4.79 Å². The molecule has 2 aromatic rings. The van der Waals surface area contributed by atoms with E-state index in [4.69, 9.17) is 8.94 Å². The number of furan rings is 1. The van der Waals surface area contributed by atoms with Crippen molar-refractivity contribution >= 4 is 5.91 Å². The quantitative estimate of drug-likeness (QED) is 0.853. The van der Waals surface area contributed by atoms with Crippen molar-refractivity contribution in [2.24, 2.45) is 0 Å². The molecule has 1 aliphatic rings. The number of carbonyl (C=O) groups is 1. The first-order chi connectivity index (χ1) is 10.5. The van der Waals surface area contributed by atoms with E-state index in [-0.39, 0.29) is 11.8 Å². The number of amides is 1. The van der Waals surface area contributed by atoms with Gasteiger partial charge in [0.05, 0.1) is 11.5 Å². The molecule has 3 rings (SSSR count). The highest BCUT2D eigenvalue weighted by atomic mass is 16.5. The monoisotopic (exact) mass is 303 g/mol. The van der Waals surface area contributed by atoms with Crippen LogP contribution in [0, 0.1) is 27.7 Å². The van der Waals surface area contributed by atoms with E-state index in [0.29, 0.717) is 29.6 Å². The molecule has 22 heavy (non-hydrogen) atoms. The lowest BCUT2D eigenvalue weighted by molar-refractivity contribution is 0.0693. The van der Waals surface area contributed by atoms with Crippen molar-refractivity contribution in [3.05, 3.63) is 34.4 Å². The first-order valence-electron chi connectivity index (χ1n) is 7.63. The van der Waals surface area contributed by atoms with E-state index in [1.165, 1.54) is 0 Å². The molecule has 118 valence electrons. The number of carbonyl (C=O) groups excluding carboxylic acids is 1. The number of nitrogens with zero attached hydrogens (tertiary/aromatic N) is 3. The molecular weight excluding hydrogens is 282 g/mol. The highest BCUT2D eigenvalue weighted by Crippen LogP contribution is 2.29. The number of rotatable bonds is 2. The lowest BCUT2D eigenvalue weighted by Crippen LogP contribution is -2.39. The average Bonchev–Trinajstić information content (AvgIpc) is 3.03. The third-order valence-electron chi connectivity index (χ3n) is 4.38. The normalized spacial score (nSPS) is 18.7. The minimum atomic E-state index is 0.0350. The summed E-state index contributed by atoms with van der Waals surface area (Å²) in [5, 5.41) is 3.85. The minimum Gasteiger partial charge on any atom is -0.466 e. The summed E-state index contributed by atoms with van der Waals surface area (Å²) in [5.74, 6) is 2.92. The van der Waals surface area contributed by atoms with Gasteiger partial charge < -0.3 is 13.8 Å². The number of hydrogen-bond donors (Lipinski definition) is 0. The van der Waals surface area contributed by atoms with Gasteiger partial charge in [-0.25, -0.2) is 0 Å². The van der Waals surface area contributed by atoms with Gasteiger partial charge in [-0.2, -0.15) is 4.98 Å². The van der Waals surface area contributed by atoms with Gasteiger partial charge in [-0.3, -0.25) is 4.79 Å². The SMILES string of the molecule is Cc1noc(C2CCCN(C(=O)c3c(C)oc(C)c3C)C2)n1. The maximum Gasteiger partial charge on any atom is 0.257 e. The van der Waals surface area contributed by atoms with Crippen LogP contribution in [0.25, 0.3) is 0 Å². The summed E-state index contributed by atoms with van der Waals surface area (Å²) in [5.41, 5.74) is 1.62. The fourth-order valence-electron chi connectivity index (χ4n) is 3.11. The topological polar surface area (TPSA) is 72.4 Å². The highest BCUT2D eigenvalue weighted by Gasteiger charge is 2.31. The number of hydrogen-bond acceptors (Lipinski definition) is 5. The Kier molecular flexibility index (Phi) is 3.76. The maximum atomic E-state index is 12.8. The Hall–Kier alpha value is -2.11. The molecule has 1 amide bonds. The van der Waals surface area contributed by atoms with Crippen LogP contribution in [0.1, 0.15) is 57.9 Å². The van der Waals surface area contributed by atoms with Crippen molar-refractivity contribution in [2.45, 2.75) is 46.5 Å². The Bertz CT molecular complexity index is 702. The molecule has 0 radical (unpaired) electrons. The van der Waals surface area contributed by atoms with E-state index in [1.54, 1.807) is 6.92 Å². The third-order valence-corrected chi connectivity index (χ3v) is 4.38. The summed E-state index contributed by atoms with van der Waals surface area (Å²) in [6, 6.07) is 0. The van der Waals surface area contributed by atoms with Crippen molar-refractivity contribution in [1.82, 2.24) is 15.0 Å². The molecule has 6 heteroatoms. The summed E-state index contributed by atoms with van der Waals surface area (Å²) in [7, 11) is 0. The minimum absolute atomic E-state index is 0.0350. The van der Waals surface area contributed by atoms with Gasteiger partial charge in [0.15, 0.2) is 5.82 Å². The van der Waals surface area contributed by atoms with Gasteiger partial charge in [0.25, 0.3) is 5.91 Å². The Morgan fingerprint density at radius 1 is 1.23 bits per heavy atom. The van der Waals surface area contributed by atoms with Crippen molar-refractivity contribution in [1.29, 1.82) is 0 Å². The predicted molar refractivity (Wildman–Crippen MR) is 79.8 cm³/mol. The molecule has 0 N–H and O–H groups in total. The Morgan fingerprint density at radius 3 is 2.59 bits per heavy atom. The predicted octanol–water partition coefficient (Wildman–Crippen LogP) is 2.92. The summed E-state index contributed by atoms with van der Waals surface area (Å²) in [4.78, 5) is 19.0. The van der Waals surface area contributed by atoms with Gasteiger partial charge in [-0.15, -0.1) is 0 Å². The second-order valence-corrected chi connectivity index (χ2v) is 5.98. The molecule has 1 fully saturated rings. The third kappa shape index (κ3) is 2.53. The van der Waals surface area contributed by atoms with Crippen molar-refractivity contribution in [3.8, 4) is 0 Å². The molecule has 6 nitrogen and oxygen atoms in total. The van der Waals surface area contributed by atoms with E-state index >= 15 is 0 Å². The second kappa shape index (κ2) is 5.59. The zero-order valence-corrected chi connectivity index (χ0v) is 13.5.